The summed E-state index contributed by atoms with van der Waals surface area (Å²) in [6, 6.07) is 34.3. The Balaban J connectivity index is 1.12. The smallest absolute Gasteiger partial charge is 0.306 e. The molecule has 0 aliphatic rings. The molecular formula is C39H40O8. The summed E-state index contributed by atoms with van der Waals surface area (Å²) in [6.45, 7) is 0.719. The molecule has 8 nitrogen and oxygen atoms in total. The molecule has 0 atom stereocenters. The lowest BCUT2D eigenvalue weighted by atomic mass is 10.0. The average Bonchev–Trinajstić information content (AvgIpc) is 3.11. The van der Waals surface area contributed by atoms with Crippen LogP contribution in [0.1, 0.15) is 67.2 Å². The summed E-state index contributed by atoms with van der Waals surface area (Å²) in [4.78, 5) is 48.4. The van der Waals surface area contributed by atoms with E-state index in [9.17, 15) is 19.2 Å². The number of unbranched alkanes of at least 4 members (excludes halogenated alkanes) is 1. The fraction of sp³-hybridized carbons (Fsp3) is 0.282. The lowest BCUT2D eigenvalue weighted by Gasteiger charge is -2.10. The Bertz CT molecular complexity index is 1580. The van der Waals surface area contributed by atoms with Crippen molar-refractivity contribution in [3.05, 3.63) is 131 Å². The van der Waals surface area contributed by atoms with Gasteiger partial charge in [-0.2, -0.15) is 0 Å². The first-order chi connectivity index (χ1) is 22.9. The normalized spacial score (nSPS) is 10.6. The molecule has 0 radical (unpaired) electrons. The largest absolute Gasteiger partial charge is 0.461 e. The van der Waals surface area contributed by atoms with Crippen LogP contribution in [-0.4, -0.2) is 23.9 Å². The molecule has 0 bridgehead atoms. The molecule has 4 aromatic rings. The van der Waals surface area contributed by atoms with Gasteiger partial charge in [0.1, 0.15) is 26.4 Å². The maximum Gasteiger partial charge on any atom is 0.306 e. The van der Waals surface area contributed by atoms with Gasteiger partial charge in [-0.25, -0.2) is 0 Å². The van der Waals surface area contributed by atoms with Crippen LogP contribution in [0.15, 0.2) is 109 Å². The zero-order chi connectivity index (χ0) is 33.1. The minimum Gasteiger partial charge on any atom is -0.461 e. The van der Waals surface area contributed by atoms with E-state index in [0.717, 1.165) is 33.4 Å². The molecule has 0 heterocycles. The predicted octanol–water partition coefficient (Wildman–Crippen LogP) is 7.66. The van der Waals surface area contributed by atoms with E-state index in [1.807, 2.05) is 109 Å². The Kier molecular flexibility index (Phi) is 14.2. The van der Waals surface area contributed by atoms with E-state index in [0.29, 0.717) is 19.3 Å². The average molecular weight is 637 g/mol. The zero-order valence-electron chi connectivity index (χ0n) is 26.4. The maximum absolute atomic E-state index is 12.3. The van der Waals surface area contributed by atoms with Crippen LogP contribution < -0.4 is 0 Å². The number of rotatable bonds is 18. The third kappa shape index (κ3) is 13.3. The first-order valence-corrected chi connectivity index (χ1v) is 15.8. The van der Waals surface area contributed by atoms with Crippen LogP contribution >= 0.6 is 0 Å². The fourth-order valence-electron chi connectivity index (χ4n) is 4.69. The highest BCUT2D eigenvalue weighted by Gasteiger charge is 2.10. The Labute approximate surface area is 275 Å². The van der Waals surface area contributed by atoms with Gasteiger partial charge in [0.05, 0.1) is 0 Å². The highest BCUT2D eigenvalue weighted by molar-refractivity contribution is 5.73. The molecule has 244 valence electrons. The molecule has 0 spiro atoms. The molecule has 0 amide bonds. The molecule has 0 aliphatic heterocycles. The lowest BCUT2D eigenvalue weighted by molar-refractivity contribution is -0.147. The van der Waals surface area contributed by atoms with Gasteiger partial charge in [-0.3, -0.25) is 19.2 Å². The fourth-order valence-corrected chi connectivity index (χ4v) is 4.69. The third-order valence-corrected chi connectivity index (χ3v) is 7.25. The Morgan fingerprint density at radius 2 is 0.681 bits per heavy atom. The van der Waals surface area contributed by atoms with Crippen molar-refractivity contribution in [2.75, 3.05) is 0 Å². The summed E-state index contributed by atoms with van der Waals surface area (Å²) < 4.78 is 21.4. The summed E-state index contributed by atoms with van der Waals surface area (Å²) in [5.41, 5.74) is 5.41. The van der Waals surface area contributed by atoms with Crippen LogP contribution in [0.4, 0.5) is 0 Å². The van der Waals surface area contributed by atoms with Crippen LogP contribution in [0, 0.1) is 0 Å². The molecule has 0 saturated heterocycles. The van der Waals surface area contributed by atoms with Crippen molar-refractivity contribution in [1.29, 1.82) is 0 Å². The van der Waals surface area contributed by atoms with Gasteiger partial charge in [0.15, 0.2) is 0 Å². The molecule has 4 rings (SSSR count). The summed E-state index contributed by atoms with van der Waals surface area (Å²) in [5, 5.41) is 0. The first-order valence-electron chi connectivity index (χ1n) is 15.8. The van der Waals surface area contributed by atoms with Crippen molar-refractivity contribution in [3.8, 4) is 11.1 Å². The molecule has 0 saturated carbocycles. The molecular weight excluding hydrogens is 596 g/mol. The van der Waals surface area contributed by atoms with Gasteiger partial charge in [0.2, 0.25) is 0 Å². The second kappa shape index (κ2) is 19.3. The molecule has 47 heavy (non-hydrogen) atoms. The number of carbonyl (C=O) groups excluding carboxylic acids is 4. The predicted molar refractivity (Wildman–Crippen MR) is 176 cm³/mol. The Morgan fingerprint density at radius 3 is 1.06 bits per heavy atom. The topological polar surface area (TPSA) is 105 Å². The number of ether oxygens (including phenoxy) is 4. The van der Waals surface area contributed by atoms with Gasteiger partial charge in [-0.1, -0.05) is 97.1 Å². The molecule has 0 aromatic heterocycles. The van der Waals surface area contributed by atoms with E-state index < -0.39 is 0 Å². The molecule has 0 unspecified atom stereocenters. The Hall–Kier alpha value is -5.24. The van der Waals surface area contributed by atoms with E-state index in [1.165, 1.54) is 0 Å². The number of benzene rings is 4. The standard InChI is InChI=1S/C39H40O8/c40-36(44-26-30-12-3-1-4-13-30)20-7-8-21-37(41)46-28-32-16-9-18-34(24-32)35-19-10-17-33(25-35)29-47-39(43)23-11-22-38(42)45-27-31-14-5-2-6-15-31/h1-6,9-10,12-19,24-25H,7-8,11,20-23,26-29H2. The lowest BCUT2D eigenvalue weighted by Crippen LogP contribution is -2.08. The van der Waals surface area contributed by atoms with Crippen molar-refractivity contribution in [2.45, 2.75) is 71.4 Å². The molecule has 8 heteroatoms. The van der Waals surface area contributed by atoms with Crippen LogP contribution in [0.2, 0.25) is 0 Å². The summed E-state index contributed by atoms with van der Waals surface area (Å²) >= 11 is 0. The van der Waals surface area contributed by atoms with Gasteiger partial charge in [-0.15, -0.1) is 0 Å². The van der Waals surface area contributed by atoms with Crippen molar-refractivity contribution in [2.24, 2.45) is 0 Å². The number of esters is 4. The highest BCUT2D eigenvalue weighted by Crippen LogP contribution is 2.23. The first kappa shape index (κ1) is 34.6. The number of hydrogen-bond acceptors (Lipinski definition) is 8. The van der Waals surface area contributed by atoms with Crippen molar-refractivity contribution in [3.63, 3.8) is 0 Å². The number of carbonyl (C=O) groups is 4. The molecule has 4 aromatic carbocycles. The van der Waals surface area contributed by atoms with E-state index in [2.05, 4.69) is 0 Å². The van der Waals surface area contributed by atoms with Gasteiger partial charge in [-0.05, 0) is 64.8 Å². The second-order valence-corrected chi connectivity index (χ2v) is 11.1. The minimum absolute atomic E-state index is 0.118. The van der Waals surface area contributed by atoms with Gasteiger partial charge in [0.25, 0.3) is 0 Å². The van der Waals surface area contributed by atoms with Crippen molar-refractivity contribution < 1.29 is 38.1 Å². The maximum atomic E-state index is 12.3. The van der Waals surface area contributed by atoms with Crippen molar-refractivity contribution >= 4 is 23.9 Å². The van der Waals surface area contributed by atoms with E-state index >= 15 is 0 Å². The van der Waals surface area contributed by atoms with Crippen LogP contribution in [-0.2, 0) is 64.6 Å². The van der Waals surface area contributed by atoms with Crippen LogP contribution in [0.3, 0.4) is 0 Å². The molecule has 0 N–H and O–H groups in total. The quantitative estimate of drug-likeness (QED) is 0.0623. The van der Waals surface area contributed by atoms with Gasteiger partial charge >= 0.3 is 23.9 Å². The molecule has 0 fully saturated rings. The Morgan fingerprint density at radius 1 is 0.362 bits per heavy atom. The second-order valence-electron chi connectivity index (χ2n) is 11.1. The minimum atomic E-state index is -0.377. The number of hydrogen-bond donors (Lipinski definition) is 0. The van der Waals surface area contributed by atoms with Crippen LogP contribution in [0.5, 0.6) is 0 Å². The summed E-state index contributed by atoms with van der Waals surface area (Å²) in [6.07, 6.45) is 2.20. The van der Waals surface area contributed by atoms with E-state index in [4.69, 9.17) is 18.9 Å². The van der Waals surface area contributed by atoms with E-state index in [1.54, 1.807) is 0 Å². The van der Waals surface area contributed by atoms with Crippen molar-refractivity contribution in [1.82, 2.24) is 0 Å². The molecule has 0 aliphatic carbocycles. The SMILES string of the molecule is O=C(CCCCC(=O)OCc1cccc(-c2cccc(COC(=O)CCCC(=O)OCc3ccccc3)c2)c1)OCc1ccccc1. The van der Waals surface area contributed by atoms with Gasteiger partial charge < -0.3 is 18.9 Å². The van der Waals surface area contributed by atoms with E-state index in [-0.39, 0.29) is 76.0 Å². The zero-order valence-corrected chi connectivity index (χ0v) is 26.4. The summed E-state index contributed by atoms with van der Waals surface area (Å²) in [5.74, 6) is -1.32. The summed E-state index contributed by atoms with van der Waals surface area (Å²) in [7, 11) is 0. The monoisotopic (exact) mass is 636 g/mol. The highest BCUT2D eigenvalue weighted by atomic mass is 16.5. The third-order valence-electron chi connectivity index (χ3n) is 7.25. The van der Waals surface area contributed by atoms with Crippen LogP contribution in [0.25, 0.3) is 11.1 Å². The van der Waals surface area contributed by atoms with Gasteiger partial charge in [0, 0.05) is 25.7 Å².